The van der Waals surface area contributed by atoms with Crippen LogP contribution in [0.3, 0.4) is 0 Å². The summed E-state index contributed by atoms with van der Waals surface area (Å²) in [5.41, 5.74) is 2.23. The first-order chi connectivity index (χ1) is 13.3. The summed E-state index contributed by atoms with van der Waals surface area (Å²) in [6, 6.07) is 12.1. The number of para-hydroxylation sites is 2. The highest BCUT2D eigenvalue weighted by Gasteiger charge is 2.06. The van der Waals surface area contributed by atoms with Gasteiger partial charge in [0, 0.05) is 32.6 Å². The Labute approximate surface area is 160 Å². The molecule has 1 aromatic carbocycles. The molecule has 0 unspecified atom stereocenters. The first kappa shape index (κ1) is 18.8. The van der Waals surface area contributed by atoms with Crippen LogP contribution in [0.1, 0.15) is 18.0 Å². The van der Waals surface area contributed by atoms with Crippen LogP contribution in [-0.2, 0) is 13.0 Å². The van der Waals surface area contributed by atoms with Gasteiger partial charge in [0.2, 0.25) is 0 Å². The summed E-state index contributed by atoms with van der Waals surface area (Å²) in [4.78, 5) is 9.29. The molecule has 2 aromatic heterocycles. The number of furan rings is 1. The van der Waals surface area contributed by atoms with E-state index in [1.165, 1.54) is 5.52 Å². The van der Waals surface area contributed by atoms with Gasteiger partial charge in [0.1, 0.15) is 11.6 Å². The predicted octanol–water partition coefficient (Wildman–Crippen LogP) is 3.29. The minimum Gasteiger partial charge on any atom is -0.469 e. The van der Waals surface area contributed by atoms with E-state index >= 15 is 0 Å². The number of aromatic nitrogens is 2. The van der Waals surface area contributed by atoms with Gasteiger partial charge in [-0.2, -0.15) is 0 Å². The van der Waals surface area contributed by atoms with Gasteiger partial charge in [0.25, 0.3) is 0 Å². The minimum atomic E-state index is 0.678. The van der Waals surface area contributed by atoms with Crippen molar-refractivity contribution in [1.29, 1.82) is 0 Å². The number of nitrogens with one attached hydrogen (secondary N) is 2. The lowest BCUT2D eigenvalue weighted by molar-refractivity contribution is 0.507. The third-order valence-electron chi connectivity index (χ3n) is 4.31. The van der Waals surface area contributed by atoms with Crippen molar-refractivity contribution in [2.75, 3.05) is 19.6 Å². The van der Waals surface area contributed by atoms with E-state index in [1.807, 2.05) is 24.3 Å². The second-order valence-corrected chi connectivity index (χ2v) is 6.31. The van der Waals surface area contributed by atoms with Crippen LogP contribution in [0.5, 0.6) is 0 Å². The lowest BCUT2D eigenvalue weighted by Gasteiger charge is -2.11. The van der Waals surface area contributed by atoms with Crippen LogP contribution in [0.25, 0.3) is 11.0 Å². The van der Waals surface area contributed by atoms with E-state index in [2.05, 4.69) is 56.9 Å². The quantitative estimate of drug-likeness (QED) is 0.264. The fourth-order valence-corrected chi connectivity index (χ4v) is 3.00. The molecular formula is C21H27N5O. The Bertz CT molecular complexity index is 879. The Morgan fingerprint density at radius 3 is 2.96 bits per heavy atom. The lowest BCUT2D eigenvalue weighted by Crippen LogP contribution is -2.38. The zero-order valence-corrected chi connectivity index (χ0v) is 15.8. The summed E-state index contributed by atoms with van der Waals surface area (Å²) in [6.45, 7) is 8.88. The number of imidazole rings is 1. The molecule has 142 valence electrons. The SMILES string of the molecule is C=CCNC(=NCCCn1c(C)nc2ccccc21)NCCc1ccco1. The van der Waals surface area contributed by atoms with Gasteiger partial charge in [-0.25, -0.2) is 4.98 Å². The highest BCUT2D eigenvalue weighted by molar-refractivity contribution is 5.80. The molecule has 0 saturated heterocycles. The molecule has 0 aliphatic carbocycles. The second-order valence-electron chi connectivity index (χ2n) is 6.31. The zero-order chi connectivity index (χ0) is 18.9. The molecule has 0 amide bonds. The zero-order valence-electron chi connectivity index (χ0n) is 15.8. The van der Waals surface area contributed by atoms with E-state index in [-0.39, 0.29) is 0 Å². The molecule has 0 fully saturated rings. The van der Waals surface area contributed by atoms with Gasteiger partial charge < -0.3 is 19.6 Å². The van der Waals surface area contributed by atoms with Crippen molar-refractivity contribution in [2.45, 2.75) is 26.3 Å². The Morgan fingerprint density at radius 2 is 2.15 bits per heavy atom. The van der Waals surface area contributed by atoms with Crippen molar-refractivity contribution in [1.82, 2.24) is 20.2 Å². The number of aryl methyl sites for hydroxylation is 2. The van der Waals surface area contributed by atoms with E-state index < -0.39 is 0 Å². The van der Waals surface area contributed by atoms with Gasteiger partial charge >= 0.3 is 0 Å². The number of aliphatic imine (C=N–C) groups is 1. The molecule has 3 aromatic rings. The normalized spacial score (nSPS) is 11.7. The van der Waals surface area contributed by atoms with Crippen LogP contribution in [0.2, 0.25) is 0 Å². The Balaban J connectivity index is 1.52. The van der Waals surface area contributed by atoms with Crippen molar-refractivity contribution in [3.05, 3.63) is 66.9 Å². The highest BCUT2D eigenvalue weighted by atomic mass is 16.3. The molecule has 6 nitrogen and oxygen atoms in total. The summed E-state index contributed by atoms with van der Waals surface area (Å²) in [6.07, 6.45) is 5.29. The van der Waals surface area contributed by atoms with Gasteiger partial charge in [-0.1, -0.05) is 18.2 Å². The maximum atomic E-state index is 5.36. The molecule has 0 radical (unpaired) electrons. The number of guanidine groups is 1. The molecule has 0 aliphatic heterocycles. The van der Waals surface area contributed by atoms with Gasteiger partial charge in [0.05, 0.1) is 17.3 Å². The summed E-state index contributed by atoms with van der Waals surface area (Å²) >= 11 is 0. The number of hydrogen-bond acceptors (Lipinski definition) is 3. The second kappa shape index (κ2) is 9.62. The maximum absolute atomic E-state index is 5.36. The molecule has 2 N–H and O–H groups in total. The van der Waals surface area contributed by atoms with Gasteiger partial charge in [-0.3, -0.25) is 4.99 Å². The van der Waals surface area contributed by atoms with E-state index in [0.29, 0.717) is 6.54 Å². The van der Waals surface area contributed by atoms with E-state index in [0.717, 1.165) is 55.5 Å². The lowest BCUT2D eigenvalue weighted by atomic mass is 10.3. The summed E-state index contributed by atoms with van der Waals surface area (Å²) in [5.74, 6) is 2.81. The smallest absolute Gasteiger partial charge is 0.191 e. The first-order valence-electron chi connectivity index (χ1n) is 9.35. The number of fused-ring (bicyclic) bond motifs is 1. The predicted molar refractivity (Wildman–Crippen MR) is 110 cm³/mol. The van der Waals surface area contributed by atoms with Crippen LogP contribution in [0, 0.1) is 6.92 Å². The van der Waals surface area contributed by atoms with Gasteiger partial charge in [0.15, 0.2) is 5.96 Å². The van der Waals surface area contributed by atoms with Crippen molar-refractivity contribution in [2.24, 2.45) is 4.99 Å². The average molecular weight is 365 g/mol. The third-order valence-corrected chi connectivity index (χ3v) is 4.31. The van der Waals surface area contributed by atoms with E-state index in [9.17, 15) is 0 Å². The molecule has 0 spiro atoms. The number of benzene rings is 1. The van der Waals surface area contributed by atoms with Crippen LogP contribution in [0.15, 0.2) is 64.7 Å². The van der Waals surface area contributed by atoms with Crippen molar-refractivity contribution in [3.8, 4) is 0 Å². The molecule has 0 bridgehead atoms. The molecule has 3 rings (SSSR count). The number of rotatable bonds is 9. The monoisotopic (exact) mass is 365 g/mol. The summed E-state index contributed by atoms with van der Waals surface area (Å²) in [5, 5.41) is 6.59. The molecule has 2 heterocycles. The standard InChI is InChI=1S/C21H27N5O/c1-3-12-22-21(24-14-11-18-8-6-16-27-18)23-13-7-15-26-17(2)25-19-9-4-5-10-20(19)26/h3-6,8-10,16H,1,7,11-15H2,2H3,(H2,22,23,24). The van der Waals surface area contributed by atoms with Crippen molar-refractivity contribution >= 4 is 17.0 Å². The van der Waals surface area contributed by atoms with Crippen LogP contribution in [-0.4, -0.2) is 35.1 Å². The van der Waals surface area contributed by atoms with Gasteiger partial charge in [-0.15, -0.1) is 6.58 Å². The summed E-state index contributed by atoms with van der Waals surface area (Å²) in [7, 11) is 0. The molecule has 6 heteroatoms. The van der Waals surface area contributed by atoms with Crippen LogP contribution < -0.4 is 10.6 Å². The largest absolute Gasteiger partial charge is 0.469 e. The number of nitrogens with zero attached hydrogens (tertiary/aromatic N) is 3. The molecule has 0 saturated carbocycles. The Hall–Kier alpha value is -3.02. The topological polar surface area (TPSA) is 67.4 Å². The molecule has 0 aliphatic rings. The van der Waals surface area contributed by atoms with E-state index in [1.54, 1.807) is 6.26 Å². The van der Waals surface area contributed by atoms with E-state index in [4.69, 9.17) is 4.42 Å². The average Bonchev–Trinajstić information content (AvgIpc) is 3.30. The third kappa shape index (κ3) is 5.23. The Morgan fingerprint density at radius 1 is 1.26 bits per heavy atom. The number of hydrogen-bond donors (Lipinski definition) is 2. The van der Waals surface area contributed by atoms with Crippen LogP contribution in [0.4, 0.5) is 0 Å². The molecular weight excluding hydrogens is 338 g/mol. The maximum Gasteiger partial charge on any atom is 0.191 e. The minimum absolute atomic E-state index is 0.678. The van der Waals surface area contributed by atoms with Crippen molar-refractivity contribution in [3.63, 3.8) is 0 Å². The van der Waals surface area contributed by atoms with Gasteiger partial charge in [-0.05, 0) is 37.6 Å². The fourth-order valence-electron chi connectivity index (χ4n) is 3.00. The Kier molecular flexibility index (Phi) is 6.68. The molecule has 0 atom stereocenters. The fraction of sp³-hybridized carbons (Fsp3) is 0.333. The summed E-state index contributed by atoms with van der Waals surface area (Å²) < 4.78 is 7.61. The van der Waals surface area contributed by atoms with Crippen molar-refractivity contribution < 1.29 is 4.42 Å². The first-order valence-corrected chi connectivity index (χ1v) is 9.35. The van der Waals surface area contributed by atoms with Crippen LogP contribution >= 0.6 is 0 Å². The highest BCUT2D eigenvalue weighted by Crippen LogP contribution is 2.15. The molecule has 27 heavy (non-hydrogen) atoms.